The van der Waals surface area contributed by atoms with Gasteiger partial charge in [-0.15, -0.1) is 0 Å². The number of anilines is 2. The number of hydrogen-bond acceptors (Lipinski definition) is 11. The fraction of sp³-hybridized carbons (Fsp3) is 0.492. The van der Waals surface area contributed by atoms with Gasteiger partial charge in [-0.1, -0.05) is 50.6 Å². The van der Waals surface area contributed by atoms with Gasteiger partial charge >= 0.3 is 0 Å². The highest BCUT2D eigenvalue weighted by atomic mass is 19.1. The molecule has 2 aromatic carbocycles. The Kier molecular flexibility index (Phi) is 21.2. The highest BCUT2D eigenvalue weighted by Crippen LogP contribution is 2.37. The third-order valence-electron chi connectivity index (χ3n) is 16.0. The molecule has 79 heavy (non-hydrogen) atoms. The standard InChI is InChI=1S/C53H64FN9O2.C6H11NO2.C2H4O.C2H6/c1-34-8-9-41(29-50(34)58(7)45-10-11-45)39-13-19-59(20-14-39)32-44-30-46-33-61(24-25-63(46)57-44)53(65)42-26-36(3)52(48(54)28-42)40-15-21-60(22-16-40)38(5)35(2)27-47-37(4)56-18-12-49(47)62-23-17-43(55-6)31-51(62)64;1-5-2-3-6(8)7-9-4-5;1-2-3;1-2/h8-9,12,15,17-18,23,26-31,38-39,45,55H,10-11,13-14,16,19-22,24-25,32-33H2,1-7H3;5H,2-4H2,1H3,(H,7,8);2H,1H3;1-2H3/b35-27+;;;. The number of aldehydes is 1. The van der Waals surface area contributed by atoms with Gasteiger partial charge in [-0.2, -0.15) is 5.10 Å². The van der Waals surface area contributed by atoms with Crippen LogP contribution in [0.25, 0.3) is 17.3 Å². The van der Waals surface area contributed by atoms with Gasteiger partial charge in [0.1, 0.15) is 12.1 Å². The number of likely N-dealkylation sites (tertiary alicyclic amines) is 1. The minimum atomic E-state index is -0.351. The van der Waals surface area contributed by atoms with Crippen molar-refractivity contribution in [3.8, 4) is 5.69 Å². The number of hydrogen-bond donors (Lipinski definition) is 2. The van der Waals surface area contributed by atoms with Crippen LogP contribution >= 0.6 is 0 Å². The summed E-state index contributed by atoms with van der Waals surface area (Å²) in [6.45, 7) is 24.5. The van der Waals surface area contributed by atoms with Crippen molar-refractivity contribution < 1.29 is 23.6 Å². The third-order valence-corrected chi connectivity index (χ3v) is 16.0. The molecule has 15 nitrogen and oxygen atoms in total. The number of rotatable bonds is 12. The number of amides is 2. The average Bonchev–Trinajstić information content (AvgIpc) is 4.29. The first-order chi connectivity index (χ1) is 38.0. The van der Waals surface area contributed by atoms with Crippen molar-refractivity contribution in [3.63, 3.8) is 0 Å². The molecule has 1 aliphatic carbocycles. The van der Waals surface area contributed by atoms with Crippen LogP contribution in [-0.4, -0.2) is 118 Å². The molecule has 16 heteroatoms. The predicted molar refractivity (Wildman–Crippen MR) is 315 cm³/mol. The molecule has 3 fully saturated rings. The van der Waals surface area contributed by atoms with Gasteiger partial charge in [0.15, 0.2) is 0 Å². The highest BCUT2D eigenvalue weighted by molar-refractivity contribution is 5.95. The smallest absolute Gasteiger partial charge is 0.257 e. The molecule has 3 aromatic heterocycles. The number of pyridine rings is 2. The molecular weight excluding hydrogens is 996 g/mol. The number of carbonyl (C=O) groups is 3. The number of halogens is 1. The second kappa shape index (κ2) is 27.9. The molecule has 1 saturated carbocycles. The molecule has 0 radical (unpaired) electrons. The van der Waals surface area contributed by atoms with E-state index in [1.807, 2.05) is 55.5 Å². The van der Waals surface area contributed by atoms with Crippen LogP contribution in [0.15, 0.2) is 83.4 Å². The van der Waals surface area contributed by atoms with Crippen molar-refractivity contribution in [2.24, 2.45) is 5.92 Å². The molecule has 2 unspecified atom stereocenters. The summed E-state index contributed by atoms with van der Waals surface area (Å²) < 4.78 is 19.8. The van der Waals surface area contributed by atoms with E-state index < -0.39 is 0 Å². The number of nitrogens with zero attached hydrogens (tertiary/aromatic N) is 8. The predicted octanol–water partition coefficient (Wildman–Crippen LogP) is 10.4. The normalized spacial score (nSPS) is 18.4. The summed E-state index contributed by atoms with van der Waals surface area (Å²) in [5, 5.41) is 7.98. The minimum absolute atomic E-state index is 0.000602. The molecule has 7 heterocycles. The van der Waals surface area contributed by atoms with E-state index in [2.05, 4.69) is 102 Å². The zero-order chi connectivity index (χ0) is 56.9. The van der Waals surface area contributed by atoms with Crippen LogP contribution in [-0.2, 0) is 34.1 Å². The lowest BCUT2D eigenvalue weighted by Crippen LogP contribution is -2.38. The van der Waals surface area contributed by atoms with Crippen molar-refractivity contribution in [2.45, 2.75) is 145 Å². The highest BCUT2D eigenvalue weighted by Gasteiger charge is 2.30. The maximum absolute atomic E-state index is 16.1. The van der Waals surface area contributed by atoms with E-state index in [1.54, 1.807) is 30.1 Å². The van der Waals surface area contributed by atoms with E-state index in [0.29, 0.717) is 74.6 Å². The number of hydroxylamine groups is 1. The molecule has 0 bridgehead atoms. The Morgan fingerprint density at radius 2 is 1.70 bits per heavy atom. The molecule has 4 aliphatic heterocycles. The van der Waals surface area contributed by atoms with Crippen LogP contribution in [0.5, 0.6) is 0 Å². The zero-order valence-corrected chi connectivity index (χ0v) is 48.7. The number of fused-ring (bicyclic) bond motifs is 1. The van der Waals surface area contributed by atoms with Gasteiger partial charge in [0.25, 0.3) is 11.5 Å². The van der Waals surface area contributed by atoms with Gasteiger partial charge in [-0.25, -0.2) is 9.87 Å². The Labute approximate surface area is 467 Å². The second-order valence-corrected chi connectivity index (χ2v) is 21.6. The second-order valence-electron chi connectivity index (χ2n) is 21.6. The van der Waals surface area contributed by atoms with Crippen LogP contribution in [0, 0.1) is 32.5 Å². The topological polar surface area (TPSA) is 150 Å². The lowest BCUT2D eigenvalue weighted by molar-refractivity contribution is -0.131. The Morgan fingerprint density at radius 3 is 2.37 bits per heavy atom. The Morgan fingerprint density at radius 1 is 0.949 bits per heavy atom. The molecule has 2 saturated heterocycles. The van der Waals surface area contributed by atoms with Gasteiger partial charge in [0.2, 0.25) is 5.91 Å². The average molecular weight is 1080 g/mol. The fourth-order valence-corrected chi connectivity index (χ4v) is 11.1. The fourth-order valence-electron chi connectivity index (χ4n) is 11.1. The van der Waals surface area contributed by atoms with E-state index in [0.717, 1.165) is 102 Å². The van der Waals surface area contributed by atoms with Crippen molar-refractivity contribution in [3.05, 3.63) is 145 Å². The Bertz CT molecular complexity index is 3020. The SMILES string of the molecule is CC.CC1CCC(=O)NOC1.CC=O.CNc1ccn(-c2ccnc(C)c2/C=C(\C)C(C)N2CC=C(c3c(C)cc(C(=O)N4CCn5nc(CN6CCC(c7ccc(C)c(N(C)C8CC8)c7)CC6)cc5C4)cc3F)CC2)c(=O)c1. The summed E-state index contributed by atoms with van der Waals surface area (Å²) >= 11 is 0. The molecule has 0 spiro atoms. The number of nitrogens with one attached hydrogen (secondary N) is 2. The molecule has 10 rings (SSSR count). The summed E-state index contributed by atoms with van der Waals surface area (Å²) in [5.74, 6) is 0.581. The van der Waals surface area contributed by atoms with Crippen molar-refractivity contribution >= 4 is 41.1 Å². The Balaban J connectivity index is 0.000000572. The summed E-state index contributed by atoms with van der Waals surface area (Å²) in [7, 11) is 4.04. The third kappa shape index (κ3) is 15.1. The van der Waals surface area contributed by atoms with Gasteiger partial charge in [-0.05, 0) is 164 Å². The largest absolute Gasteiger partial charge is 0.388 e. The maximum atomic E-state index is 16.1. The zero-order valence-electron chi connectivity index (χ0n) is 48.7. The lowest BCUT2D eigenvalue weighted by atomic mass is 9.88. The summed E-state index contributed by atoms with van der Waals surface area (Å²) in [4.78, 5) is 64.9. The van der Waals surface area contributed by atoms with Gasteiger partial charge in [0, 0.05) is 111 Å². The van der Waals surface area contributed by atoms with Crippen LogP contribution in [0.1, 0.15) is 148 Å². The van der Waals surface area contributed by atoms with E-state index in [-0.39, 0.29) is 29.2 Å². The monoisotopic (exact) mass is 1080 g/mol. The first-order valence-corrected chi connectivity index (χ1v) is 28.5. The number of aromatic nitrogens is 4. The van der Waals surface area contributed by atoms with Crippen molar-refractivity contribution in [2.75, 3.05) is 63.6 Å². The molecule has 5 aromatic rings. The van der Waals surface area contributed by atoms with E-state index >= 15 is 4.39 Å². The minimum Gasteiger partial charge on any atom is -0.388 e. The van der Waals surface area contributed by atoms with E-state index in [1.165, 1.54) is 42.6 Å². The number of piperidine rings is 1. The van der Waals surface area contributed by atoms with Crippen LogP contribution < -0.4 is 21.3 Å². The molecular formula is C63H85FN10O5. The van der Waals surface area contributed by atoms with Crippen molar-refractivity contribution in [1.82, 2.24) is 39.5 Å². The quantitative estimate of drug-likeness (QED) is 0.115. The molecule has 2 atom stereocenters. The van der Waals surface area contributed by atoms with Crippen LogP contribution in [0.4, 0.5) is 15.8 Å². The van der Waals surface area contributed by atoms with Crippen LogP contribution in [0.2, 0.25) is 0 Å². The van der Waals surface area contributed by atoms with E-state index in [4.69, 9.17) is 14.7 Å². The molecule has 5 aliphatic rings. The van der Waals surface area contributed by atoms with Crippen molar-refractivity contribution in [1.29, 1.82) is 0 Å². The number of aryl methyl sites for hydroxylation is 3. The summed E-state index contributed by atoms with van der Waals surface area (Å²) in [6.07, 6.45) is 15.6. The maximum Gasteiger partial charge on any atom is 0.257 e. The molecule has 2 N–H and O–H groups in total. The number of benzene rings is 2. The molecule has 424 valence electrons. The van der Waals surface area contributed by atoms with Crippen LogP contribution in [0.3, 0.4) is 0 Å². The Hall–Kier alpha value is -6.75. The lowest BCUT2D eigenvalue weighted by Gasteiger charge is -2.33. The van der Waals surface area contributed by atoms with Gasteiger partial charge in [0.05, 0.1) is 36.8 Å². The summed E-state index contributed by atoms with van der Waals surface area (Å²) in [5.41, 5.74) is 15.7. The van der Waals surface area contributed by atoms with Gasteiger partial charge < -0.3 is 19.9 Å². The van der Waals surface area contributed by atoms with Gasteiger partial charge in [-0.3, -0.25) is 43.3 Å². The number of carbonyl (C=O) groups excluding carboxylic acids is 3. The first-order valence-electron chi connectivity index (χ1n) is 28.5. The first kappa shape index (κ1) is 59.9. The van der Waals surface area contributed by atoms with E-state index in [9.17, 15) is 14.4 Å². The molecule has 2 amide bonds. The summed E-state index contributed by atoms with van der Waals surface area (Å²) in [6, 6.07) is 18.7.